The molecule has 2 aliphatic rings. The molecule has 12 unspecified atom stereocenters. The highest BCUT2D eigenvalue weighted by molar-refractivity contribution is 5.76. The summed E-state index contributed by atoms with van der Waals surface area (Å²) in [4.78, 5) is 13.4. The minimum Gasteiger partial charge on any atom is -0.394 e. The molecule has 2 heterocycles. The SMILES string of the molecule is CC/C=C\C/C=C\C/C=C\C/C=C\C/C=C\CCCCCCCCCCCCCCCCCCCCCCCCCC(=O)NC(COC1OC(CO)C(OC2OC(CO)C(O)C(O)C2O)C(O)C1O)C(O)/C=C/CC/C=C/CCCCCCCCCCCCCCCCCCCCCC. The first-order chi connectivity index (χ1) is 48.6. The number of hydrogen-bond acceptors (Lipinski definition) is 13. The van der Waals surface area contributed by atoms with Crippen LogP contribution in [0.5, 0.6) is 0 Å². The summed E-state index contributed by atoms with van der Waals surface area (Å²) in [6.45, 7) is 2.72. The van der Waals surface area contributed by atoms with E-state index in [1.807, 2.05) is 6.08 Å². The van der Waals surface area contributed by atoms with E-state index in [4.69, 9.17) is 18.9 Å². The molecule has 0 bridgehead atoms. The summed E-state index contributed by atoms with van der Waals surface area (Å²) >= 11 is 0. The van der Waals surface area contributed by atoms with Gasteiger partial charge in [-0.15, -0.1) is 0 Å². The molecular formula is C85H153NO13. The normalized spacial score (nSPS) is 22.4. The van der Waals surface area contributed by atoms with Gasteiger partial charge in [-0.25, -0.2) is 0 Å². The number of allylic oxidation sites excluding steroid dienone is 13. The highest BCUT2D eigenvalue weighted by Crippen LogP contribution is 2.30. The van der Waals surface area contributed by atoms with Gasteiger partial charge in [-0.3, -0.25) is 4.79 Å². The number of ether oxygens (including phenoxy) is 4. The third-order valence-electron chi connectivity index (χ3n) is 19.8. The van der Waals surface area contributed by atoms with Crippen LogP contribution in [0.4, 0.5) is 0 Å². The maximum Gasteiger partial charge on any atom is 0.220 e. The third-order valence-corrected chi connectivity index (χ3v) is 19.8. The zero-order chi connectivity index (χ0) is 71.5. The quantitative estimate of drug-likeness (QED) is 0.0204. The van der Waals surface area contributed by atoms with Gasteiger partial charge in [0.2, 0.25) is 5.91 Å². The average molecular weight is 1400 g/mol. The summed E-state index contributed by atoms with van der Waals surface area (Å²) in [5.74, 6) is -0.244. The van der Waals surface area contributed by atoms with E-state index in [1.165, 1.54) is 257 Å². The van der Waals surface area contributed by atoms with Crippen LogP contribution in [0.3, 0.4) is 0 Å². The average Bonchev–Trinajstić information content (AvgIpc) is 0.794. The molecule has 99 heavy (non-hydrogen) atoms. The van der Waals surface area contributed by atoms with Crippen molar-refractivity contribution in [2.45, 2.75) is 428 Å². The largest absolute Gasteiger partial charge is 0.394 e. The molecule has 9 N–H and O–H groups in total. The van der Waals surface area contributed by atoms with Crippen LogP contribution in [0.1, 0.15) is 354 Å². The first-order valence-corrected chi connectivity index (χ1v) is 41.3. The fourth-order valence-corrected chi connectivity index (χ4v) is 13.3. The van der Waals surface area contributed by atoms with Gasteiger partial charge in [0, 0.05) is 6.42 Å². The van der Waals surface area contributed by atoms with E-state index in [9.17, 15) is 45.6 Å². The predicted molar refractivity (Wildman–Crippen MR) is 410 cm³/mol. The topological polar surface area (TPSA) is 228 Å². The highest BCUT2D eigenvalue weighted by atomic mass is 16.7. The molecule has 14 nitrogen and oxygen atoms in total. The number of aliphatic hydroxyl groups is 8. The van der Waals surface area contributed by atoms with Gasteiger partial charge in [-0.2, -0.15) is 0 Å². The highest BCUT2D eigenvalue weighted by Gasteiger charge is 2.51. The number of hydrogen-bond donors (Lipinski definition) is 9. The second-order valence-electron chi connectivity index (χ2n) is 28.9. The van der Waals surface area contributed by atoms with Gasteiger partial charge in [0.1, 0.15) is 48.8 Å². The van der Waals surface area contributed by atoms with E-state index >= 15 is 0 Å². The lowest BCUT2D eigenvalue weighted by atomic mass is 9.97. The molecule has 0 spiro atoms. The molecule has 576 valence electrons. The van der Waals surface area contributed by atoms with Gasteiger partial charge >= 0.3 is 0 Å². The van der Waals surface area contributed by atoms with Gasteiger partial charge in [-0.1, -0.05) is 356 Å². The molecule has 2 rings (SSSR count). The summed E-state index contributed by atoms with van der Waals surface area (Å²) < 4.78 is 22.9. The van der Waals surface area contributed by atoms with E-state index in [2.05, 4.69) is 92.1 Å². The standard InChI is InChI=1S/C85H153NO13/c1-3-5-7-9-11-13-15-17-19-21-23-25-27-29-31-32-33-34-35-36-37-38-39-40-41-42-43-45-47-49-51-53-55-57-59-61-63-65-67-69-77(90)86-73(72-96-84-82(95)80(93)83(76(71-88)98-84)99-85-81(94)79(92)78(91)75(70-87)97-85)74(89)68-66-64-62-60-58-56-54-52-50-48-46-44-30-28-26-24-22-20-18-16-14-12-10-8-6-4-2/h5,7,11,13,17,19,23,25,29,31,58,60,66,68,73-76,78-85,87-89,91-95H,3-4,6,8-10,12,14-16,18,20-22,24,26-28,30,32-57,59,61-65,67,69-72H2,1-2H3,(H,86,90)/b7-5-,13-11-,19-17-,25-23-,31-29-,60-58+,68-66+. The molecule has 14 heteroatoms. The van der Waals surface area contributed by atoms with Crippen molar-refractivity contribution >= 4 is 5.91 Å². The van der Waals surface area contributed by atoms with E-state index in [0.717, 1.165) is 64.2 Å². The lowest BCUT2D eigenvalue weighted by Crippen LogP contribution is -2.65. The van der Waals surface area contributed by atoms with Crippen LogP contribution in [0.25, 0.3) is 0 Å². The minimum absolute atomic E-state index is 0.244. The third kappa shape index (κ3) is 51.1. The lowest BCUT2D eigenvalue weighted by Gasteiger charge is -2.46. The number of nitrogens with one attached hydrogen (secondary N) is 1. The van der Waals surface area contributed by atoms with Crippen LogP contribution in [0.15, 0.2) is 85.1 Å². The molecule has 0 aliphatic carbocycles. The van der Waals surface area contributed by atoms with Crippen molar-refractivity contribution in [1.29, 1.82) is 0 Å². The van der Waals surface area contributed by atoms with Crippen LogP contribution >= 0.6 is 0 Å². The molecule has 2 saturated heterocycles. The van der Waals surface area contributed by atoms with Crippen molar-refractivity contribution in [2.75, 3.05) is 19.8 Å². The van der Waals surface area contributed by atoms with E-state index < -0.39 is 86.8 Å². The van der Waals surface area contributed by atoms with Crippen LogP contribution in [-0.2, 0) is 23.7 Å². The number of rotatable bonds is 69. The number of carbonyl (C=O) groups is 1. The number of aliphatic hydroxyl groups excluding tert-OH is 8. The summed E-state index contributed by atoms with van der Waals surface area (Å²) in [5, 5.41) is 87.7. The van der Waals surface area contributed by atoms with Gasteiger partial charge in [-0.05, 0) is 77.0 Å². The molecule has 0 radical (unpaired) electrons. The first-order valence-electron chi connectivity index (χ1n) is 41.3. The van der Waals surface area contributed by atoms with Crippen molar-refractivity contribution < 1.29 is 64.6 Å². The Bertz CT molecular complexity index is 1990. The maximum absolute atomic E-state index is 13.4. The maximum atomic E-state index is 13.4. The molecule has 0 aromatic carbocycles. The van der Waals surface area contributed by atoms with Crippen molar-refractivity contribution in [3.05, 3.63) is 85.1 Å². The fraction of sp³-hybridized carbons (Fsp3) is 0.824. The summed E-state index contributed by atoms with van der Waals surface area (Å²) in [7, 11) is 0. The monoisotopic (exact) mass is 1400 g/mol. The van der Waals surface area contributed by atoms with Gasteiger partial charge in [0.05, 0.1) is 32.0 Å². The fourth-order valence-electron chi connectivity index (χ4n) is 13.3. The number of unbranched alkanes of at least 4 members (excludes halogenated alkanes) is 44. The van der Waals surface area contributed by atoms with Crippen molar-refractivity contribution in [2.24, 2.45) is 0 Å². The summed E-state index contributed by atoms with van der Waals surface area (Å²) in [6, 6.07) is -0.935. The Hall–Kier alpha value is -2.83. The Morgan fingerprint density at radius 3 is 1.11 bits per heavy atom. The van der Waals surface area contributed by atoms with Crippen LogP contribution < -0.4 is 5.32 Å². The van der Waals surface area contributed by atoms with Crippen LogP contribution in [0, 0.1) is 0 Å². The van der Waals surface area contributed by atoms with E-state index in [0.29, 0.717) is 12.8 Å². The van der Waals surface area contributed by atoms with Crippen molar-refractivity contribution in [3.63, 3.8) is 0 Å². The molecule has 0 aromatic heterocycles. The van der Waals surface area contributed by atoms with Gasteiger partial charge in [0.25, 0.3) is 0 Å². The summed E-state index contributed by atoms with van der Waals surface area (Å²) in [5.41, 5.74) is 0. The second kappa shape index (κ2) is 68.3. The Morgan fingerprint density at radius 1 is 0.374 bits per heavy atom. The zero-order valence-electron chi connectivity index (χ0n) is 63.2. The van der Waals surface area contributed by atoms with Gasteiger partial charge in [0.15, 0.2) is 12.6 Å². The Balaban J connectivity index is 1.59. The molecule has 0 saturated carbocycles. The molecule has 12 atom stereocenters. The van der Waals surface area contributed by atoms with Crippen LogP contribution in [0.2, 0.25) is 0 Å². The Morgan fingerprint density at radius 2 is 0.707 bits per heavy atom. The van der Waals surface area contributed by atoms with Gasteiger partial charge < -0.3 is 65.1 Å². The summed E-state index contributed by atoms with van der Waals surface area (Å²) in [6.07, 6.45) is 79.6. The molecule has 0 aromatic rings. The number of carbonyl (C=O) groups excluding carboxylic acids is 1. The molecule has 2 aliphatic heterocycles. The lowest BCUT2D eigenvalue weighted by molar-refractivity contribution is -0.359. The smallest absolute Gasteiger partial charge is 0.220 e. The van der Waals surface area contributed by atoms with Crippen LogP contribution in [-0.4, -0.2) is 140 Å². The zero-order valence-corrected chi connectivity index (χ0v) is 63.2. The van der Waals surface area contributed by atoms with E-state index in [-0.39, 0.29) is 18.9 Å². The minimum atomic E-state index is -1.79. The molecule has 2 fully saturated rings. The Kier molecular flexibility index (Phi) is 63.6. The van der Waals surface area contributed by atoms with E-state index in [1.54, 1.807) is 6.08 Å². The molecule has 1 amide bonds. The predicted octanol–water partition coefficient (Wildman–Crippen LogP) is 19.1. The van der Waals surface area contributed by atoms with Crippen molar-refractivity contribution in [1.82, 2.24) is 5.32 Å². The number of amides is 1. The van der Waals surface area contributed by atoms with Crippen molar-refractivity contribution in [3.8, 4) is 0 Å². The second-order valence-corrected chi connectivity index (χ2v) is 28.9. The Labute approximate surface area is 605 Å². The molecular weight excluding hydrogens is 1240 g/mol. The first kappa shape index (κ1) is 92.3.